The number of ether oxygens (including phenoxy) is 2. The van der Waals surface area contributed by atoms with Crippen LogP contribution in [0.5, 0.6) is 0 Å². The number of methoxy groups -OCH3 is 1. The van der Waals surface area contributed by atoms with Crippen LogP contribution in [-0.2, 0) is 9.47 Å². The van der Waals surface area contributed by atoms with Gasteiger partial charge in [0.05, 0.1) is 19.3 Å². The second-order valence-electron chi connectivity index (χ2n) is 5.74. The third kappa shape index (κ3) is 4.57. The first-order valence-corrected chi connectivity index (χ1v) is 6.83. The first-order valence-electron chi connectivity index (χ1n) is 6.83. The second kappa shape index (κ2) is 7.34. The molecule has 3 nitrogen and oxygen atoms in total. The van der Waals surface area contributed by atoms with E-state index in [9.17, 15) is 0 Å². The molecule has 17 heavy (non-hydrogen) atoms. The van der Waals surface area contributed by atoms with E-state index in [1.165, 1.54) is 12.8 Å². The number of aliphatic hydroxyl groups is 1. The third-order valence-corrected chi connectivity index (χ3v) is 3.99. The Labute approximate surface area is 105 Å². The van der Waals surface area contributed by atoms with E-state index in [0.717, 1.165) is 12.3 Å². The summed E-state index contributed by atoms with van der Waals surface area (Å²) in [6.45, 7) is 7.39. The molecule has 1 saturated carbocycles. The van der Waals surface area contributed by atoms with Crippen molar-refractivity contribution in [2.75, 3.05) is 20.3 Å². The van der Waals surface area contributed by atoms with Crippen LogP contribution in [-0.4, -0.2) is 37.6 Å². The summed E-state index contributed by atoms with van der Waals surface area (Å²) in [4.78, 5) is 0. The van der Waals surface area contributed by atoms with E-state index in [2.05, 4.69) is 20.8 Å². The summed E-state index contributed by atoms with van der Waals surface area (Å²) in [6.07, 6.45) is 3.88. The van der Waals surface area contributed by atoms with E-state index in [-0.39, 0.29) is 12.7 Å². The zero-order valence-corrected chi connectivity index (χ0v) is 11.7. The lowest BCUT2D eigenvalue weighted by Gasteiger charge is -2.37. The van der Waals surface area contributed by atoms with Crippen molar-refractivity contribution < 1.29 is 14.6 Å². The maximum absolute atomic E-state index is 9.08. The van der Waals surface area contributed by atoms with E-state index in [4.69, 9.17) is 14.6 Å². The molecule has 0 heterocycles. The fourth-order valence-corrected chi connectivity index (χ4v) is 2.73. The molecule has 0 spiro atoms. The lowest BCUT2D eigenvalue weighted by atomic mass is 9.75. The Bertz CT molecular complexity index is 202. The maximum Gasteiger partial charge on any atom is 0.103 e. The quantitative estimate of drug-likeness (QED) is 0.780. The van der Waals surface area contributed by atoms with Crippen molar-refractivity contribution in [2.45, 2.75) is 52.2 Å². The largest absolute Gasteiger partial charge is 0.394 e. The van der Waals surface area contributed by atoms with Gasteiger partial charge in [-0.25, -0.2) is 0 Å². The van der Waals surface area contributed by atoms with Gasteiger partial charge < -0.3 is 14.6 Å². The summed E-state index contributed by atoms with van der Waals surface area (Å²) < 4.78 is 11.1. The summed E-state index contributed by atoms with van der Waals surface area (Å²) in [6, 6.07) is 0. The molecule has 0 aromatic rings. The molecule has 1 aliphatic carbocycles. The number of hydrogen-bond donors (Lipinski definition) is 1. The van der Waals surface area contributed by atoms with Crippen molar-refractivity contribution in [1.82, 2.24) is 0 Å². The van der Waals surface area contributed by atoms with E-state index >= 15 is 0 Å². The topological polar surface area (TPSA) is 38.7 Å². The van der Waals surface area contributed by atoms with Gasteiger partial charge in [-0.3, -0.25) is 0 Å². The molecule has 0 bridgehead atoms. The van der Waals surface area contributed by atoms with Crippen molar-refractivity contribution in [2.24, 2.45) is 17.8 Å². The standard InChI is InChI=1S/C14H28O3/c1-10(2)13-6-5-11(3)7-14(13)17-9-12(8-15)16-4/h10-15H,5-9H2,1-4H3/t11-,12?,13+,14-/m1/s1. The van der Waals surface area contributed by atoms with Crippen molar-refractivity contribution >= 4 is 0 Å². The molecule has 1 aliphatic rings. The monoisotopic (exact) mass is 244 g/mol. The first-order chi connectivity index (χ1) is 8.08. The molecule has 0 aromatic carbocycles. The van der Waals surface area contributed by atoms with E-state index in [1.807, 2.05) is 0 Å². The summed E-state index contributed by atoms with van der Waals surface area (Å²) in [5.41, 5.74) is 0. The van der Waals surface area contributed by atoms with Crippen LogP contribution in [0.15, 0.2) is 0 Å². The van der Waals surface area contributed by atoms with Gasteiger partial charge in [-0.15, -0.1) is 0 Å². The first kappa shape index (κ1) is 14.9. The molecule has 1 unspecified atom stereocenters. The van der Waals surface area contributed by atoms with Gasteiger partial charge in [0.25, 0.3) is 0 Å². The normalized spacial score (nSPS) is 31.8. The maximum atomic E-state index is 9.08. The minimum atomic E-state index is -0.181. The van der Waals surface area contributed by atoms with Gasteiger partial charge in [-0.1, -0.05) is 27.2 Å². The average molecular weight is 244 g/mol. The van der Waals surface area contributed by atoms with Crippen LogP contribution in [0.4, 0.5) is 0 Å². The van der Waals surface area contributed by atoms with Gasteiger partial charge >= 0.3 is 0 Å². The SMILES string of the molecule is COC(CO)CO[C@@H]1C[C@H](C)CC[C@H]1C(C)C. The van der Waals surface area contributed by atoms with E-state index in [1.54, 1.807) is 7.11 Å². The molecular formula is C14H28O3. The third-order valence-electron chi connectivity index (χ3n) is 3.99. The molecule has 0 amide bonds. The zero-order valence-electron chi connectivity index (χ0n) is 11.7. The fourth-order valence-electron chi connectivity index (χ4n) is 2.73. The Morgan fingerprint density at radius 3 is 2.53 bits per heavy atom. The van der Waals surface area contributed by atoms with Gasteiger partial charge in [0, 0.05) is 7.11 Å². The Hall–Kier alpha value is -0.120. The second-order valence-corrected chi connectivity index (χ2v) is 5.74. The predicted molar refractivity (Wildman–Crippen MR) is 69.0 cm³/mol. The molecule has 0 aromatic heterocycles. The predicted octanol–water partition coefficient (Wildman–Crippen LogP) is 2.47. The molecule has 1 N–H and O–H groups in total. The highest BCUT2D eigenvalue weighted by Crippen LogP contribution is 2.35. The van der Waals surface area contributed by atoms with Gasteiger partial charge in [-0.05, 0) is 30.6 Å². The van der Waals surface area contributed by atoms with Gasteiger partial charge in [-0.2, -0.15) is 0 Å². The zero-order chi connectivity index (χ0) is 12.8. The van der Waals surface area contributed by atoms with E-state index in [0.29, 0.717) is 24.5 Å². The van der Waals surface area contributed by atoms with E-state index < -0.39 is 0 Å². The highest BCUT2D eigenvalue weighted by molar-refractivity contribution is 4.81. The molecule has 102 valence electrons. The minimum Gasteiger partial charge on any atom is -0.394 e. The lowest BCUT2D eigenvalue weighted by molar-refractivity contribution is -0.0872. The number of rotatable bonds is 6. The van der Waals surface area contributed by atoms with Gasteiger partial charge in [0.2, 0.25) is 0 Å². The van der Waals surface area contributed by atoms with Crippen LogP contribution in [0.3, 0.4) is 0 Å². The Morgan fingerprint density at radius 1 is 1.29 bits per heavy atom. The number of aliphatic hydroxyl groups excluding tert-OH is 1. The molecule has 0 aliphatic heterocycles. The fraction of sp³-hybridized carbons (Fsp3) is 1.00. The molecule has 1 rings (SSSR count). The summed E-state index contributed by atoms with van der Waals surface area (Å²) in [5, 5.41) is 9.08. The van der Waals surface area contributed by atoms with Crippen LogP contribution < -0.4 is 0 Å². The van der Waals surface area contributed by atoms with Crippen molar-refractivity contribution in [3.8, 4) is 0 Å². The molecule has 1 fully saturated rings. The smallest absolute Gasteiger partial charge is 0.103 e. The Balaban J connectivity index is 2.46. The molecule has 4 atom stereocenters. The van der Waals surface area contributed by atoms with Gasteiger partial charge in [0.1, 0.15) is 6.10 Å². The molecule has 0 radical (unpaired) electrons. The van der Waals surface area contributed by atoms with Gasteiger partial charge in [0.15, 0.2) is 0 Å². The highest BCUT2D eigenvalue weighted by atomic mass is 16.5. The number of hydrogen-bond acceptors (Lipinski definition) is 3. The summed E-state index contributed by atoms with van der Waals surface area (Å²) in [5.74, 6) is 2.08. The summed E-state index contributed by atoms with van der Waals surface area (Å²) in [7, 11) is 1.62. The van der Waals surface area contributed by atoms with Crippen molar-refractivity contribution in [3.63, 3.8) is 0 Å². The molecule has 3 heteroatoms. The molecular weight excluding hydrogens is 216 g/mol. The molecule has 0 saturated heterocycles. The summed E-state index contributed by atoms with van der Waals surface area (Å²) >= 11 is 0. The van der Waals surface area contributed by atoms with Crippen LogP contribution in [0.25, 0.3) is 0 Å². The Kier molecular flexibility index (Phi) is 6.45. The van der Waals surface area contributed by atoms with Crippen LogP contribution >= 0.6 is 0 Å². The Morgan fingerprint density at radius 2 is 2.00 bits per heavy atom. The van der Waals surface area contributed by atoms with Crippen molar-refractivity contribution in [3.05, 3.63) is 0 Å². The van der Waals surface area contributed by atoms with Crippen LogP contribution in [0.2, 0.25) is 0 Å². The lowest BCUT2D eigenvalue weighted by Crippen LogP contribution is -2.37. The van der Waals surface area contributed by atoms with Crippen LogP contribution in [0, 0.1) is 17.8 Å². The average Bonchev–Trinajstić information content (AvgIpc) is 2.30. The minimum absolute atomic E-state index is 0.0329. The highest BCUT2D eigenvalue weighted by Gasteiger charge is 2.31. The van der Waals surface area contributed by atoms with Crippen LogP contribution in [0.1, 0.15) is 40.0 Å². The van der Waals surface area contributed by atoms with Crippen molar-refractivity contribution in [1.29, 1.82) is 0 Å².